The molecule has 1 aliphatic rings. The predicted molar refractivity (Wildman–Crippen MR) is 114 cm³/mol. The minimum atomic E-state index is -3.78. The molecule has 0 saturated carbocycles. The van der Waals surface area contributed by atoms with Crippen molar-refractivity contribution in [3.8, 4) is 5.75 Å². The number of hydrogen-bond donors (Lipinski definition) is 1. The SMILES string of the molecule is COc1ccc(NC(=O)CN2CCCN(Cc3ccccc3Cl)S2(=O)=O)cc1Cl. The van der Waals surface area contributed by atoms with Crippen molar-refractivity contribution < 1.29 is 17.9 Å². The third-order valence-electron chi connectivity index (χ3n) is 4.53. The van der Waals surface area contributed by atoms with Crippen molar-refractivity contribution in [1.29, 1.82) is 0 Å². The molecule has 1 aliphatic heterocycles. The van der Waals surface area contributed by atoms with Crippen LogP contribution in [0.15, 0.2) is 42.5 Å². The van der Waals surface area contributed by atoms with Crippen LogP contribution in [-0.2, 0) is 21.5 Å². The quantitative estimate of drug-likeness (QED) is 0.720. The number of ether oxygens (including phenoxy) is 1. The molecular formula is C19H21Cl2N3O4S. The minimum absolute atomic E-state index is 0.161. The van der Waals surface area contributed by atoms with E-state index in [4.69, 9.17) is 27.9 Å². The van der Waals surface area contributed by atoms with Crippen molar-refractivity contribution in [3.63, 3.8) is 0 Å². The Kier molecular flexibility index (Phi) is 7.02. The van der Waals surface area contributed by atoms with Gasteiger partial charge in [-0.2, -0.15) is 17.0 Å². The highest BCUT2D eigenvalue weighted by atomic mass is 35.5. The van der Waals surface area contributed by atoms with Gasteiger partial charge in [0, 0.05) is 30.3 Å². The largest absolute Gasteiger partial charge is 0.495 e. The summed E-state index contributed by atoms with van der Waals surface area (Å²) < 4.78 is 33.5. The zero-order chi connectivity index (χ0) is 21.0. The summed E-state index contributed by atoms with van der Waals surface area (Å²) in [7, 11) is -2.29. The summed E-state index contributed by atoms with van der Waals surface area (Å²) in [6.07, 6.45) is 0.616. The highest BCUT2D eigenvalue weighted by Crippen LogP contribution is 2.27. The lowest BCUT2D eigenvalue weighted by atomic mass is 10.2. The third kappa shape index (κ3) is 5.21. The lowest BCUT2D eigenvalue weighted by molar-refractivity contribution is -0.116. The predicted octanol–water partition coefficient (Wildman–Crippen LogP) is 3.39. The number of hydrogen-bond acceptors (Lipinski definition) is 4. The highest BCUT2D eigenvalue weighted by molar-refractivity contribution is 7.86. The van der Waals surface area contributed by atoms with Crippen LogP contribution in [0.1, 0.15) is 12.0 Å². The van der Waals surface area contributed by atoms with E-state index >= 15 is 0 Å². The molecule has 1 fully saturated rings. The van der Waals surface area contributed by atoms with Gasteiger partial charge < -0.3 is 10.1 Å². The number of halogens is 2. The summed E-state index contributed by atoms with van der Waals surface area (Å²) in [4.78, 5) is 12.4. The molecule has 0 spiro atoms. The van der Waals surface area contributed by atoms with Gasteiger partial charge in [-0.1, -0.05) is 41.4 Å². The highest BCUT2D eigenvalue weighted by Gasteiger charge is 2.35. The second-order valence-electron chi connectivity index (χ2n) is 6.52. The Morgan fingerprint density at radius 2 is 1.83 bits per heavy atom. The van der Waals surface area contributed by atoms with Gasteiger partial charge in [0.05, 0.1) is 18.7 Å². The number of carbonyl (C=O) groups is 1. The molecule has 7 nitrogen and oxygen atoms in total. The normalized spacial score (nSPS) is 17.1. The minimum Gasteiger partial charge on any atom is -0.495 e. The molecule has 3 rings (SSSR count). The Labute approximate surface area is 180 Å². The molecule has 1 heterocycles. The van der Waals surface area contributed by atoms with Gasteiger partial charge in [-0.25, -0.2) is 0 Å². The van der Waals surface area contributed by atoms with E-state index in [9.17, 15) is 13.2 Å². The molecule has 0 aromatic heterocycles. The number of anilines is 1. The lowest BCUT2D eigenvalue weighted by Gasteiger charge is -2.34. The average molecular weight is 458 g/mol. The molecule has 2 aromatic rings. The van der Waals surface area contributed by atoms with Crippen LogP contribution < -0.4 is 10.1 Å². The molecule has 0 bridgehead atoms. The molecule has 2 aromatic carbocycles. The second-order valence-corrected chi connectivity index (χ2v) is 9.26. The van der Waals surface area contributed by atoms with Gasteiger partial charge >= 0.3 is 0 Å². The zero-order valence-electron chi connectivity index (χ0n) is 15.8. The van der Waals surface area contributed by atoms with Crippen LogP contribution in [0.2, 0.25) is 10.0 Å². The maximum atomic E-state index is 12.9. The number of nitrogens with zero attached hydrogens (tertiary/aromatic N) is 2. The molecule has 0 unspecified atom stereocenters. The average Bonchev–Trinajstić information content (AvgIpc) is 2.67. The Hall–Kier alpha value is -1.84. The zero-order valence-corrected chi connectivity index (χ0v) is 18.1. The molecule has 1 saturated heterocycles. The molecule has 0 radical (unpaired) electrons. The summed E-state index contributed by atoms with van der Waals surface area (Å²) in [5.74, 6) is 0.0351. The number of rotatable bonds is 6. The lowest BCUT2D eigenvalue weighted by Crippen LogP contribution is -2.51. The molecule has 1 N–H and O–H groups in total. The van der Waals surface area contributed by atoms with E-state index in [2.05, 4.69) is 5.32 Å². The van der Waals surface area contributed by atoms with Gasteiger partial charge in [-0.15, -0.1) is 0 Å². The van der Waals surface area contributed by atoms with Crippen molar-refractivity contribution in [2.75, 3.05) is 32.1 Å². The summed E-state index contributed by atoms with van der Waals surface area (Å²) in [5.41, 5.74) is 1.18. The Balaban J connectivity index is 1.67. The van der Waals surface area contributed by atoms with Gasteiger partial charge in [0.2, 0.25) is 5.91 Å². The summed E-state index contributed by atoms with van der Waals surface area (Å²) in [5, 5.41) is 3.53. The number of carbonyl (C=O) groups excluding carboxylic acids is 1. The van der Waals surface area contributed by atoms with Crippen LogP contribution >= 0.6 is 23.2 Å². The molecular weight excluding hydrogens is 437 g/mol. The van der Waals surface area contributed by atoms with Gasteiger partial charge in [0.1, 0.15) is 5.75 Å². The van der Waals surface area contributed by atoms with Crippen molar-refractivity contribution in [2.24, 2.45) is 0 Å². The first-order valence-electron chi connectivity index (χ1n) is 8.93. The second kappa shape index (κ2) is 9.32. The Morgan fingerprint density at radius 1 is 1.10 bits per heavy atom. The van der Waals surface area contributed by atoms with E-state index in [0.29, 0.717) is 34.4 Å². The maximum Gasteiger partial charge on any atom is 0.282 e. The number of amides is 1. The smallest absolute Gasteiger partial charge is 0.282 e. The topological polar surface area (TPSA) is 79.0 Å². The maximum absolute atomic E-state index is 12.9. The molecule has 0 atom stereocenters. The molecule has 1 amide bonds. The van der Waals surface area contributed by atoms with Gasteiger partial charge in [-0.05, 0) is 36.2 Å². The van der Waals surface area contributed by atoms with Crippen molar-refractivity contribution in [1.82, 2.24) is 8.61 Å². The fourth-order valence-electron chi connectivity index (χ4n) is 3.06. The first-order valence-corrected chi connectivity index (χ1v) is 11.1. The standard InChI is InChI=1S/C19H21Cl2N3O4S/c1-28-18-8-7-15(11-17(18)21)22-19(25)13-24-10-4-9-23(29(24,26)27)12-14-5-2-3-6-16(14)20/h2-3,5-8,11H,4,9-10,12-13H2,1H3,(H,22,25). The third-order valence-corrected chi connectivity index (χ3v) is 7.12. The van der Waals surface area contributed by atoms with Gasteiger partial charge in [-0.3, -0.25) is 4.79 Å². The van der Waals surface area contributed by atoms with Gasteiger partial charge in [0.15, 0.2) is 0 Å². The number of nitrogens with one attached hydrogen (secondary N) is 1. The first-order chi connectivity index (χ1) is 13.8. The molecule has 10 heteroatoms. The van der Waals surface area contributed by atoms with Gasteiger partial charge in [0.25, 0.3) is 10.2 Å². The Morgan fingerprint density at radius 3 is 2.52 bits per heavy atom. The van der Waals surface area contributed by atoms with Crippen LogP contribution in [0.4, 0.5) is 5.69 Å². The monoisotopic (exact) mass is 457 g/mol. The van der Waals surface area contributed by atoms with Crippen molar-refractivity contribution in [3.05, 3.63) is 58.1 Å². The van der Waals surface area contributed by atoms with E-state index in [0.717, 1.165) is 5.56 Å². The van der Waals surface area contributed by atoms with E-state index in [1.165, 1.54) is 15.7 Å². The molecule has 0 aliphatic carbocycles. The fourth-order valence-corrected chi connectivity index (χ4v) is 5.14. The summed E-state index contributed by atoms with van der Waals surface area (Å²) in [6.45, 7) is 0.525. The van der Waals surface area contributed by atoms with Crippen molar-refractivity contribution in [2.45, 2.75) is 13.0 Å². The first kappa shape index (κ1) is 21.9. The number of methoxy groups -OCH3 is 1. The van der Waals surface area contributed by atoms with Crippen LogP contribution in [0.5, 0.6) is 5.75 Å². The van der Waals surface area contributed by atoms with Crippen molar-refractivity contribution >= 4 is 45.0 Å². The fraction of sp³-hybridized carbons (Fsp3) is 0.316. The van der Waals surface area contributed by atoms with E-state index in [1.807, 2.05) is 6.07 Å². The van der Waals surface area contributed by atoms with Crippen LogP contribution in [0.25, 0.3) is 0 Å². The summed E-state index contributed by atoms with van der Waals surface area (Å²) >= 11 is 12.2. The van der Waals surface area contributed by atoms with Crippen LogP contribution in [0.3, 0.4) is 0 Å². The summed E-state index contributed by atoms with van der Waals surface area (Å²) in [6, 6.07) is 11.9. The number of benzene rings is 2. The molecule has 29 heavy (non-hydrogen) atoms. The van der Waals surface area contributed by atoms with E-state index < -0.39 is 16.1 Å². The van der Waals surface area contributed by atoms with Crippen LogP contribution in [0, 0.1) is 0 Å². The molecule has 156 valence electrons. The van der Waals surface area contributed by atoms with E-state index in [-0.39, 0.29) is 19.6 Å². The van der Waals surface area contributed by atoms with Crippen LogP contribution in [-0.4, -0.2) is 49.7 Å². The Bertz CT molecular complexity index is 1000. The van der Waals surface area contributed by atoms with E-state index in [1.54, 1.807) is 36.4 Å².